The van der Waals surface area contributed by atoms with Crippen molar-refractivity contribution < 1.29 is 13.2 Å². The van der Waals surface area contributed by atoms with Crippen LogP contribution in [0, 0.1) is 5.41 Å². The molecule has 5 nitrogen and oxygen atoms in total. The van der Waals surface area contributed by atoms with Crippen molar-refractivity contribution in [3.63, 3.8) is 0 Å². The molecule has 0 spiro atoms. The van der Waals surface area contributed by atoms with Crippen LogP contribution in [0.1, 0.15) is 24.2 Å². The molecule has 2 N–H and O–H groups in total. The number of benzene rings is 1. The predicted octanol–water partition coefficient (Wildman–Crippen LogP) is 0.816. The monoisotopic (exact) mass is 268 g/mol. The summed E-state index contributed by atoms with van der Waals surface area (Å²) in [4.78, 5) is 12.2. The van der Waals surface area contributed by atoms with Crippen molar-refractivity contribution in [3.8, 4) is 0 Å². The quantitative estimate of drug-likeness (QED) is 0.880. The summed E-state index contributed by atoms with van der Waals surface area (Å²) < 4.78 is 25.4. The molecule has 0 fully saturated rings. The van der Waals surface area contributed by atoms with Gasteiger partial charge in [-0.15, -0.1) is 0 Å². The maximum atomic E-state index is 12.3. The van der Waals surface area contributed by atoms with Crippen molar-refractivity contribution in [2.24, 2.45) is 11.1 Å². The van der Waals surface area contributed by atoms with Crippen LogP contribution < -0.4 is 5.73 Å². The van der Waals surface area contributed by atoms with Crippen LogP contribution in [0.15, 0.2) is 29.2 Å². The smallest absolute Gasteiger partial charge is 0.269 e. The van der Waals surface area contributed by atoms with Crippen LogP contribution in [0.4, 0.5) is 0 Å². The van der Waals surface area contributed by atoms with Crippen LogP contribution in [-0.4, -0.2) is 31.7 Å². The number of nitrogens with two attached hydrogens (primary N) is 1. The second-order valence-electron chi connectivity index (χ2n) is 5.18. The lowest BCUT2D eigenvalue weighted by Gasteiger charge is -2.27. The van der Waals surface area contributed by atoms with Crippen LogP contribution >= 0.6 is 0 Å². The van der Waals surface area contributed by atoms with Gasteiger partial charge in [-0.3, -0.25) is 4.79 Å². The molecule has 0 aliphatic carbocycles. The van der Waals surface area contributed by atoms with E-state index in [0.29, 0.717) is 6.54 Å². The number of rotatable bonds is 3. The minimum absolute atomic E-state index is 0.0859. The molecule has 0 atom stereocenters. The Balaban J connectivity index is 2.46. The average molecular weight is 268 g/mol. The van der Waals surface area contributed by atoms with Gasteiger partial charge in [-0.25, -0.2) is 12.7 Å². The molecule has 1 aliphatic rings. The summed E-state index contributed by atoms with van der Waals surface area (Å²) in [5.74, 6) is -0.466. The molecule has 0 aromatic heterocycles. The normalized spacial score (nSPS) is 17.9. The van der Waals surface area contributed by atoms with Crippen LogP contribution in [0.2, 0.25) is 0 Å². The Morgan fingerprint density at radius 2 is 1.89 bits per heavy atom. The molecule has 0 radical (unpaired) electrons. The Kier molecular flexibility index (Phi) is 2.95. The lowest BCUT2D eigenvalue weighted by atomic mass is 9.94. The van der Waals surface area contributed by atoms with Gasteiger partial charge in [0.2, 0.25) is 0 Å². The fraction of sp³-hybridized carbons (Fsp3) is 0.417. The minimum Gasteiger partial charge on any atom is -0.330 e. The van der Waals surface area contributed by atoms with E-state index in [1.165, 1.54) is 12.1 Å². The van der Waals surface area contributed by atoms with Crippen LogP contribution in [0.3, 0.4) is 0 Å². The van der Waals surface area contributed by atoms with E-state index in [1.54, 1.807) is 12.1 Å². The first-order valence-electron chi connectivity index (χ1n) is 5.66. The van der Waals surface area contributed by atoms with Gasteiger partial charge in [-0.1, -0.05) is 26.0 Å². The minimum atomic E-state index is -3.71. The SMILES string of the molecule is CC(C)(CN)CN1C(=O)c2ccccc2S1(=O)=O. The molecule has 0 unspecified atom stereocenters. The average Bonchev–Trinajstić information content (AvgIpc) is 2.51. The van der Waals surface area contributed by atoms with E-state index in [4.69, 9.17) is 5.73 Å². The zero-order valence-electron chi connectivity index (χ0n) is 10.4. The molecule has 0 saturated carbocycles. The van der Waals surface area contributed by atoms with Gasteiger partial charge in [-0.2, -0.15) is 0 Å². The second kappa shape index (κ2) is 4.07. The topological polar surface area (TPSA) is 80.5 Å². The summed E-state index contributed by atoms with van der Waals surface area (Å²) in [6.45, 7) is 4.07. The third-order valence-electron chi connectivity index (χ3n) is 3.04. The standard InChI is InChI=1S/C12H16N2O3S/c1-12(2,7-13)8-14-11(15)9-5-3-4-6-10(9)18(14,16)17/h3-6H,7-8,13H2,1-2H3. The fourth-order valence-electron chi connectivity index (χ4n) is 1.84. The van der Waals surface area contributed by atoms with Crippen molar-refractivity contribution in [2.45, 2.75) is 18.7 Å². The molecule has 1 heterocycles. The first-order chi connectivity index (χ1) is 8.29. The highest BCUT2D eigenvalue weighted by atomic mass is 32.2. The lowest BCUT2D eigenvalue weighted by Crippen LogP contribution is -2.41. The van der Waals surface area contributed by atoms with E-state index in [2.05, 4.69) is 0 Å². The van der Waals surface area contributed by atoms with Gasteiger partial charge in [-0.05, 0) is 24.1 Å². The van der Waals surface area contributed by atoms with Crippen molar-refractivity contribution in [1.82, 2.24) is 4.31 Å². The Labute approximate surface area is 107 Å². The first kappa shape index (κ1) is 13.0. The number of nitrogens with zero attached hydrogens (tertiary/aromatic N) is 1. The molecule has 98 valence electrons. The number of carbonyl (C=O) groups excluding carboxylic acids is 1. The maximum Gasteiger partial charge on any atom is 0.269 e. The number of sulfonamides is 1. The number of hydrogen-bond donors (Lipinski definition) is 1. The number of carbonyl (C=O) groups is 1. The van der Waals surface area contributed by atoms with Crippen molar-refractivity contribution in [1.29, 1.82) is 0 Å². The number of amides is 1. The van der Waals surface area contributed by atoms with E-state index in [-0.39, 0.29) is 17.0 Å². The summed E-state index contributed by atoms with van der Waals surface area (Å²) in [6.07, 6.45) is 0. The van der Waals surface area contributed by atoms with E-state index in [9.17, 15) is 13.2 Å². The van der Waals surface area contributed by atoms with E-state index in [1.807, 2.05) is 13.8 Å². The summed E-state index contributed by atoms with van der Waals surface area (Å²) in [7, 11) is -3.71. The summed E-state index contributed by atoms with van der Waals surface area (Å²) in [5, 5.41) is 0. The predicted molar refractivity (Wildman–Crippen MR) is 67.5 cm³/mol. The molecule has 1 aromatic rings. The summed E-state index contributed by atoms with van der Waals surface area (Å²) in [6, 6.07) is 6.26. The molecule has 1 amide bonds. The van der Waals surface area contributed by atoms with Crippen LogP contribution in [0.25, 0.3) is 0 Å². The van der Waals surface area contributed by atoms with Crippen LogP contribution in [-0.2, 0) is 10.0 Å². The highest BCUT2D eigenvalue weighted by Crippen LogP contribution is 2.32. The molecule has 1 aromatic carbocycles. The van der Waals surface area contributed by atoms with Crippen LogP contribution in [0.5, 0.6) is 0 Å². The molecule has 0 bridgehead atoms. The highest BCUT2D eigenvalue weighted by Gasteiger charge is 2.42. The van der Waals surface area contributed by atoms with E-state index in [0.717, 1.165) is 4.31 Å². The molecule has 6 heteroatoms. The highest BCUT2D eigenvalue weighted by molar-refractivity contribution is 7.90. The molecule has 18 heavy (non-hydrogen) atoms. The van der Waals surface area contributed by atoms with Crippen molar-refractivity contribution >= 4 is 15.9 Å². The number of hydrogen-bond acceptors (Lipinski definition) is 4. The first-order valence-corrected chi connectivity index (χ1v) is 7.10. The fourth-order valence-corrected chi connectivity index (χ4v) is 3.60. The molecule has 1 aliphatic heterocycles. The van der Waals surface area contributed by atoms with Gasteiger partial charge >= 0.3 is 0 Å². The third-order valence-corrected chi connectivity index (χ3v) is 4.82. The van der Waals surface area contributed by atoms with Gasteiger partial charge in [0.25, 0.3) is 15.9 Å². The maximum absolute atomic E-state index is 12.3. The molecule has 2 rings (SSSR count). The van der Waals surface area contributed by atoms with Gasteiger partial charge in [0.05, 0.1) is 5.56 Å². The Hall–Kier alpha value is -1.40. The van der Waals surface area contributed by atoms with E-state index >= 15 is 0 Å². The molecule has 0 saturated heterocycles. The lowest BCUT2D eigenvalue weighted by molar-refractivity contribution is 0.0836. The zero-order valence-corrected chi connectivity index (χ0v) is 11.2. The zero-order chi connectivity index (χ0) is 13.6. The van der Waals surface area contributed by atoms with Crippen molar-refractivity contribution in [3.05, 3.63) is 29.8 Å². The largest absolute Gasteiger partial charge is 0.330 e. The van der Waals surface area contributed by atoms with Gasteiger partial charge in [0, 0.05) is 6.54 Å². The van der Waals surface area contributed by atoms with Gasteiger partial charge in [0.1, 0.15) is 4.90 Å². The second-order valence-corrected chi connectivity index (χ2v) is 7.01. The summed E-state index contributed by atoms with van der Waals surface area (Å²) in [5.41, 5.74) is 5.39. The van der Waals surface area contributed by atoms with Gasteiger partial charge < -0.3 is 5.73 Å². The summed E-state index contributed by atoms with van der Waals surface area (Å²) >= 11 is 0. The third kappa shape index (κ3) is 1.91. The Morgan fingerprint density at radius 1 is 1.28 bits per heavy atom. The van der Waals surface area contributed by atoms with E-state index < -0.39 is 21.3 Å². The molecular weight excluding hydrogens is 252 g/mol. The Bertz CT molecular complexity index is 593. The van der Waals surface area contributed by atoms with Crippen molar-refractivity contribution in [2.75, 3.05) is 13.1 Å². The van der Waals surface area contributed by atoms with Gasteiger partial charge in [0.15, 0.2) is 0 Å². The molecular formula is C12H16N2O3S. The Morgan fingerprint density at radius 3 is 2.44 bits per heavy atom. The number of fused-ring (bicyclic) bond motifs is 1.